The van der Waals surface area contributed by atoms with Crippen molar-refractivity contribution in [3.63, 3.8) is 0 Å². The molecule has 146 valence electrons. The molecule has 0 radical (unpaired) electrons. The van der Waals surface area contributed by atoms with E-state index in [0.717, 1.165) is 38.7 Å². The van der Waals surface area contributed by atoms with Crippen molar-refractivity contribution in [1.29, 1.82) is 0 Å². The number of fused-ring (bicyclic) bond motifs is 1. The lowest BCUT2D eigenvalue weighted by Crippen LogP contribution is -2.44. The zero-order chi connectivity index (χ0) is 19.0. The van der Waals surface area contributed by atoms with Crippen LogP contribution in [-0.4, -0.2) is 72.0 Å². The normalized spacial score (nSPS) is 21.8. The highest BCUT2D eigenvalue weighted by molar-refractivity contribution is 7.90. The van der Waals surface area contributed by atoms with Gasteiger partial charge in [-0.2, -0.15) is 0 Å². The van der Waals surface area contributed by atoms with E-state index < -0.39 is 9.84 Å². The van der Waals surface area contributed by atoms with Crippen LogP contribution in [0.5, 0.6) is 0 Å². The standard InChI is InChI=1S/C19H26N4O3S/c1-27(25,26)19-20-17(16-9-3-6-12-23(16)19)18(24)22-13-7-8-15(22)14-21-10-4-2-5-11-21/h3,6,9,12,15H,2,4-5,7-8,10-11,13-14H2,1H3. The Balaban J connectivity index is 1.64. The first-order chi connectivity index (χ1) is 12.9. The van der Waals surface area contributed by atoms with Crippen molar-refractivity contribution in [2.45, 2.75) is 43.3 Å². The van der Waals surface area contributed by atoms with E-state index in [-0.39, 0.29) is 22.8 Å². The molecule has 0 bridgehead atoms. The van der Waals surface area contributed by atoms with Crippen molar-refractivity contribution < 1.29 is 13.2 Å². The largest absolute Gasteiger partial charge is 0.333 e. The van der Waals surface area contributed by atoms with Crippen molar-refractivity contribution in [3.05, 3.63) is 30.1 Å². The fraction of sp³-hybridized carbons (Fsp3) is 0.579. The Hall–Kier alpha value is -1.93. The molecule has 1 amide bonds. The summed E-state index contributed by atoms with van der Waals surface area (Å²) in [6.07, 6.45) is 8.48. The molecule has 0 aromatic carbocycles. The third kappa shape index (κ3) is 3.60. The van der Waals surface area contributed by atoms with Gasteiger partial charge in [-0.05, 0) is 50.9 Å². The number of amides is 1. The van der Waals surface area contributed by atoms with E-state index in [2.05, 4.69) is 9.88 Å². The van der Waals surface area contributed by atoms with Crippen molar-refractivity contribution >= 4 is 21.3 Å². The SMILES string of the molecule is CS(=O)(=O)c1nc(C(=O)N2CCCC2CN2CCCCC2)c2ccccn12. The molecule has 2 aromatic heterocycles. The van der Waals surface area contributed by atoms with E-state index in [0.29, 0.717) is 12.1 Å². The number of sulfone groups is 1. The van der Waals surface area contributed by atoms with Crippen LogP contribution in [0.2, 0.25) is 0 Å². The number of pyridine rings is 1. The van der Waals surface area contributed by atoms with E-state index in [4.69, 9.17) is 0 Å². The van der Waals surface area contributed by atoms with Crippen LogP contribution in [0.4, 0.5) is 0 Å². The van der Waals surface area contributed by atoms with Crippen LogP contribution in [0.3, 0.4) is 0 Å². The number of imidazole rings is 1. The first-order valence-corrected chi connectivity index (χ1v) is 11.5. The van der Waals surface area contributed by atoms with E-state index in [1.165, 1.54) is 23.7 Å². The summed E-state index contributed by atoms with van der Waals surface area (Å²) in [5.74, 6) is -0.159. The molecule has 2 aromatic rings. The second-order valence-corrected chi connectivity index (χ2v) is 9.54. The van der Waals surface area contributed by atoms with E-state index in [9.17, 15) is 13.2 Å². The molecule has 0 spiro atoms. The summed E-state index contributed by atoms with van der Waals surface area (Å²) >= 11 is 0. The number of likely N-dealkylation sites (tertiary alicyclic amines) is 2. The van der Waals surface area contributed by atoms with Crippen LogP contribution in [0.1, 0.15) is 42.6 Å². The van der Waals surface area contributed by atoms with Gasteiger partial charge in [-0.1, -0.05) is 12.5 Å². The van der Waals surface area contributed by atoms with Gasteiger partial charge in [-0.25, -0.2) is 13.4 Å². The minimum Gasteiger partial charge on any atom is -0.333 e. The summed E-state index contributed by atoms with van der Waals surface area (Å²) in [7, 11) is -3.53. The molecule has 4 heterocycles. The van der Waals surface area contributed by atoms with Gasteiger partial charge in [0.2, 0.25) is 15.0 Å². The summed E-state index contributed by atoms with van der Waals surface area (Å²) in [5.41, 5.74) is 0.785. The summed E-state index contributed by atoms with van der Waals surface area (Å²) in [4.78, 5) is 21.9. The smallest absolute Gasteiger partial charge is 0.275 e. The highest BCUT2D eigenvalue weighted by atomic mass is 32.2. The lowest BCUT2D eigenvalue weighted by Gasteiger charge is -2.32. The Morgan fingerprint density at radius 3 is 2.67 bits per heavy atom. The monoisotopic (exact) mass is 390 g/mol. The van der Waals surface area contributed by atoms with Crippen LogP contribution >= 0.6 is 0 Å². The van der Waals surface area contributed by atoms with E-state index in [1.807, 2.05) is 4.90 Å². The average Bonchev–Trinajstić information content (AvgIpc) is 3.26. The fourth-order valence-electron chi connectivity index (χ4n) is 4.30. The highest BCUT2D eigenvalue weighted by Crippen LogP contribution is 2.25. The van der Waals surface area contributed by atoms with Gasteiger partial charge < -0.3 is 9.80 Å². The highest BCUT2D eigenvalue weighted by Gasteiger charge is 2.34. The van der Waals surface area contributed by atoms with Crippen molar-refractivity contribution in [2.75, 3.05) is 32.4 Å². The zero-order valence-electron chi connectivity index (χ0n) is 15.7. The predicted molar refractivity (Wildman–Crippen MR) is 103 cm³/mol. The number of carbonyl (C=O) groups excluding carboxylic acids is 1. The van der Waals surface area contributed by atoms with E-state index >= 15 is 0 Å². The molecule has 0 aliphatic carbocycles. The van der Waals surface area contributed by atoms with Gasteiger partial charge in [-0.3, -0.25) is 9.20 Å². The number of nitrogens with zero attached hydrogens (tertiary/aromatic N) is 4. The van der Waals surface area contributed by atoms with Crippen molar-refractivity contribution in [2.24, 2.45) is 0 Å². The van der Waals surface area contributed by atoms with Crippen LogP contribution in [0.25, 0.3) is 5.52 Å². The van der Waals surface area contributed by atoms with Crippen molar-refractivity contribution in [1.82, 2.24) is 19.2 Å². The maximum absolute atomic E-state index is 13.3. The number of aromatic nitrogens is 2. The number of hydrogen-bond acceptors (Lipinski definition) is 5. The van der Waals surface area contributed by atoms with Crippen LogP contribution in [0, 0.1) is 0 Å². The van der Waals surface area contributed by atoms with Crippen molar-refractivity contribution in [3.8, 4) is 0 Å². The minimum absolute atomic E-state index is 0.0757. The number of rotatable bonds is 4. The molecule has 8 heteroatoms. The van der Waals surface area contributed by atoms with Gasteiger partial charge >= 0.3 is 0 Å². The molecule has 2 aliphatic rings. The van der Waals surface area contributed by atoms with Gasteiger partial charge in [0, 0.05) is 31.6 Å². The maximum Gasteiger partial charge on any atom is 0.275 e. The second-order valence-electron chi connectivity index (χ2n) is 7.63. The lowest BCUT2D eigenvalue weighted by molar-refractivity contribution is 0.0686. The lowest BCUT2D eigenvalue weighted by atomic mass is 10.1. The van der Waals surface area contributed by atoms with Gasteiger partial charge in [0.25, 0.3) is 5.91 Å². The summed E-state index contributed by atoms with van der Waals surface area (Å²) < 4.78 is 25.7. The zero-order valence-corrected chi connectivity index (χ0v) is 16.5. The number of piperidine rings is 1. The molecule has 1 atom stereocenters. The quantitative estimate of drug-likeness (QED) is 0.796. The van der Waals surface area contributed by atoms with E-state index in [1.54, 1.807) is 24.4 Å². The summed E-state index contributed by atoms with van der Waals surface area (Å²) in [5, 5.41) is -0.0757. The Kier molecular flexibility index (Phi) is 4.94. The third-order valence-electron chi connectivity index (χ3n) is 5.61. The molecule has 0 N–H and O–H groups in total. The van der Waals surface area contributed by atoms with Crippen LogP contribution < -0.4 is 0 Å². The molecule has 2 aliphatic heterocycles. The molecule has 2 saturated heterocycles. The molecular formula is C19H26N4O3S. The first kappa shape index (κ1) is 18.4. The maximum atomic E-state index is 13.3. The van der Waals surface area contributed by atoms with Gasteiger partial charge in [0.05, 0.1) is 5.52 Å². The molecule has 1 unspecified atom stereocenters. The van der Waals surface area contributed by atoms with Crippen LogP contribution in [0.15, 0.2) is 29.6 Å². The van der Waals surface area contributed by atoms with Gasteiger partial charge in [-0.15, -0.1) is 0 Å². The molecule has 4 rings (SSSR count). The molecule has 7 nitrogen and oxygen atoms in total. The molecule has 27 heavy (non-hydrogen) atoms. The number of carbonyl (C=O) groups is 1. The number of hydrogen-bond donors (Lipinski definition) is 0. The van der Waals surface area contributed by atoms with Gasteiger partial charge in [0.15, 0.2) is 5.69 Å². The van der Waals surface area contributed by atoms with Crippen LogP contribution in [-0.2, 0) is 9.84 Å². The predicted octanol–water partition coefficient (Wildman–Crippen LogP) is 1.83. The minimum atomic E-state index is -3.53. The fourth-order valence-corrected chi connectivity index (χ4v) is 5.07. The Morgan fingerprint density at radius 2 is 1.93 bits per heavy atom. The topological polar surface area (TPSA) is 75.0 Å². The summed E-state index contributed by atoms with van der Waals surface area (Å²) in [6, 6.07) is 5.48. The van der Waals surface area contributed by atoms with Gasteiger partial charge in [0.1, 0.15) is 0 Å². The average molecular weight is 391 g/mol. The molecular weight excluding hydrogens is 364 g/mol. The third-order valence-corrected chi connectivity index (χ3v) is 6.56. The first-order valence-electron chi connectivity index (χ1n) is 9.65. The Bertz CT molecular complexity index is 947. The summed E-state index contributed by atoms with van der Waals surface area (Å²) in [6.45, 7) is 3.81. The Morgan fingerprint density at radius 1 is 1.15 bits per heavy atom. The molecule has 2 fully saturated rings. The molecule has 0 saturated carbocycles. The second kappa shape index (κ2) is 7.24. The Labute approximate surface area is 159 Å².